The highest BCUT2D eigenvalue weighted by molar-refractivity contribution is 5.89. The highest BCUT2D eigenvalue weighted by Crippen LogP contribution is 2.34. The monoisotopic (exact) mass is 264 g/mol. The van der Waals surface area contributed by atoms with E-state index >= 15 is 0 Å². The quantitative estimate of drug-likeness (QED) is 0.776. The van der Waals surface area contributed by atoms with E-state index in [2.05, 4.69) is 0 Å². The van der Waals surface area contributed by atoms with Crippen LogP contribution < -0.4 is 0 Å². The zero-order valence-corrected chi connectivity index (χ0v) is 10.7. The van der Waals surface area contributed by atoms with Gasteiger partial charge in [0.05, 0.1) is 25.4 Å². The Bertz CT molecular complexity index is 436. The highest BCUT2D eigenvalue weighted by Gasteiger charge is 2.51. The number of carbonyl (C=O) groups excluding carboxylic acids is 1. The van der Waals surface area contributed by atoms with Crippen LogP contribution in [0.4, 0.5) is 0 Å². The van der Waals surface area contributed by atoms with Crippen LogP contribution in [0.1, 0.15) is 17.3 Å². The zero-order chi connectivity index (χ0) is 13.3. The van der Waals surface area contributed by atoms with E-state index in [1.165, 1.54) is 0 Å². The van der Waals surface area contributed by atoms with Gasteiger partial charge in [-0.15, -0.1) is 0 Å². The summed E-state index contributed by atoms with van der Waals surface area (Å²) >= 11 is 0. The minimum absolute atomic E-state index is 0.277. The van der Waals surface area contributed by atoms with Crippen molar-refractivity contribution in [3.63, 3.8) is 0 Å². The van der Waals surface area contributed by atoms with E-state index in [9.17, 15) is 4.79 Å². The lowest BCUT2D eigenvalue weighted by molar-refractivity contribution is -0.469. The molecule has 1 aromatic carbocycles. The molecule has 0 aromatic heterocycles. The summed E-state index contributed by atoms with van der Waals surface area (Å²) in [6.45, 7) is 3.44. The summed E-state index contributed by atoms with van der Waals surface area (Å²) in [4.78, 5) is 12.0. The van der Waals surface area contributed by atoms with Gasteiger partial charge < -0.3 is 18.9 Å². The lowest BCUT2D eigenvalue weighted by Gasteiger charge is -2.47. The Morgan fingerprint density at radius 2 is 1.79 bits per heavy atom. The first-order valence-corrected chi connectivity index (χ1v) is 6.37. The second-order valence-electron chi connectivity index (χ2n) is 4.82. The number of hydrogen-bond acceptors (Lipinski definition) is 5. The smallest absolute Gasteiger partial charge is 0.338 e. The van der Waals surface area contributed by atoms with Crippen molar-refractivity contribution in [2.24, 2.45) is 5.92 Å². The lowest BCUT2D eigenvalue weighted by atomic mass is 10.1. The molecule has 3 saturated heterocycles. The molecule has 3 aliphatic rings. The molecule has 4 rings (SSSR count). The van der Waals surface area contributed by atoms with Crippen molar-refractivity contribution in [2.45, 2.75) is 19.0 Å². The van der Waals surface area contributed by atoms with E-state index in [-0.39, 0.29) is 5.92 Å². The van der Waals surface area contributed by atoms with Gasteiger partial charge in [-0.2, -0.15) is 0 Å². The molecule has 3 aliphatic heterocycles. The molecular weight excluding hydrogens is 248 g/mol. The number of hydrogen-bond donors (Lipinski definition) is 0. The molecule has 0 radical (unpaired) electrons. The van der Waals surface area contributed by atoms with Gasteiger partial charge in [-0.3, -0.25) is 0 Å². The van der Waals surface area contributed by atoms with Gasteiger partial charge in [-0.1, -0.05) is 18.2 Å². The molecular formula is C14H16O5. The first kappa shape index (κ1) is 12.6. The van der Waals surface area contributed by atoms with E-state index in [0.717, 1.165) is 0 Å². The van der Waals surface area contributed by atoms with Gasteiger partial charge >= 0.3 is 11.9 Å². The molecule has 3 heterocycles. The van der Waals surface area contributed by atoms with E-state index in [1.807, 2.05) is 6.07 Å². The topological polar surface area (TPSA) is 54.0 Å². The summed E-state index contributed by atoms with van der Waals surface area (Å²) in [6, 6.07) is 8.82. The Hall–Kier alpha value is -1.43. The van der Waals surface area contributed by atoms with Crippen LogP contribution >= 0.6 is 0 Å². The molecule has 102 valence electrons. The Labute approximate surface area is 111 Å². The number of benzene rings is 1. The fraction of sp³-hybridized carbons (Fsp3) is 0.500. The SMILES string of the molecule is CC(OC(=O)c1ccccc1)C12OCC(CO1)CO2. The van der Waals surface area contributed by atoms with Crippen LogP contribution in [0, 0.1) is 5.92 Å². The van der Waals surface area contributed by atoms with Crippen LogP contribution in [-0.2, 0) is 18.9 Å². The summed E-state index contributed by atoms with van der Waals surface area (Å²) < 4.78 is 22.0. The molecule has 0 saturated carbocycles. The van der Waals surface area contributed by atoms with Crippen LogP contribution in [0.25, 0.3) is 0 Å². The highest BCUT2D eigenvalue weighted by atomic mass is 16.9. The third-order valence-corrected chi connectivity index (χ3v) is 3.35. The molecule has 3 fully saturated rings. The second-order valence-corrected chi connectivity index (χ2v) is 4.82. The summed E-state index contributed by atoms with van der Waals surface area (Å²) in [5.41, 5.74) is 0.496. The molecule has 0 aliphatic carbocycles. The van der Waals surface area contributed by atoms with Crippen molar-refractivity contribution in [2.75, 3.05) is 19.8 Å². The average Bonchev–Trinajstić information content (AvgIpc) is 2.50. The molecule has 0 N–H and O–H groups in total. The Balaban J connectivity index is 1.68. The van der Waals surface area contributed by atoms with Gasteiger partial charge in [-0.05, 0) is 19.1 Å². The fourth-order valence-corrected chi connectivity index (χ4v) is 2.20. The first-order chi connectivity index (χ1) is 9.20. The third-order valence-electron chi connectivity index (χ3n) is 3.35. The van der Waals surface area contributed by atoms with E-state index in [1.54, 1.807) is 31.2 Å². The Morgan fingerprint density at radius 1 is 1.21 bits per heavy atom. The maximum atomic E-state index is 12.0. The maximum absolute atomic E-state index is 12.0. The molecule has 1 atom stereocenters. The van der Waals surface area contributed by atoms with Gasteiger partial charge in [0.25, 0.3) is 0 Å². The first-order valence-electron chi connectivity index (χ1n) is 6.37. The van der Waals surface area contributed by atoms with Crippen LogP contribution in [0.3, 0.4) is 0 Å². The van der Waals surface area contributed by atoms with Crippen molar-refractivity contribution < 1.29 is 23.7 Å². The minimum Gasteiger partial charge on any atom is -0.450 e. The molecule has 5 heteroatoms. The van der Waals surface area contributed by atoms with Gasteiger partial charge in [0, 0.05) is 5.92 Å². The lowest BCUT2D eigenvalue weighted by Crippen LogP contribution is -2.60. The fourth-order valence-electron chi connectivity index (χ4n) is 2.20. The molecule has 19 heavy (non-hydrogen) atoms. The van der Waals surface area contributed by atoms with Crippen LogP contribution in [0.15, 0.2) is 30.3 Å². The molecule has 1 aromatic rings. The summed E-state index contributed by atoms with van der Waals surface area (Å²) in [5, 5.41) is 0. The van der Waals surface area contributed by atoms with Gasteiger partial charge in [0.1, 0.15) is 0 Å². The normalized spacial score (nSPS) is 30.9. The van der Waals surface area contributed by atoms with Crippen molar-refractivity contribution in [3.05, 3.63) is 35.9 Å². The molecule has 5 nitrogen and oxygen atoms in total. The van der Waals surface area contributed by atoms with Crippen LogP contribution in [0.5, 0.6) is 0 Å². The largest absolute Gasteiger partial charge is 0.450 e. The number of esters is 1. The molecule has 1 unspecified atom stereocenters. The number of carbonyl (C=O) groups is 1. The maximum Gasteiger partial charge on any atom is 0.338 e. The number of ether oxygens (including phenoxy) is 4. The standard InChI is InChI=1S/C14H16O5/c1-10(14-16-7-11(8-17-14)9-18-14)19-13(15)12-5-3-2-4-6-12/h2-6,10-11H,7-9H2,1H3. The Kier molecular flexibility index (Phi) is 3.26. The molecule has 0 amide bonds. The van der Waals surface area contributed by atoms with Crippen molar-refractivity contribution in [3.8, 4) is 0 Å². The average molecular weight is 264 g/mol. The van der Waals surface area contributed by atoms with Crippen LogP contribution in [0.2, 0.25) is 0 Å². The van der Waals surface area contributed by atoms with Gasteiger partial charge in [-0.25, -0.2) is 4.79 Å². The summed E-state index contributed by atoms with van der Waals surface area (Å²) in [5.74, 6) is -1.37. The molecule has 2 bridgehead atoms. The van der Waals surface area contributed by atoms with Crippen LogP contribution in [-0.4, -0.2) is 37.9 Å². The summed E-state index contributed by atoms with van der Waals surface area (Å²) in [6.07, 6.45) is -0.624. The van der Waals surface area contributed by atoms with Crippen molar-refractivity contribution in [1.29, 1.82) is 0 Å². The minimum atomic E-state index is -1.24. The Morgan fingerprint density at radius 3 is 2.37 bits per heavy atom. The van der Waals surface area contributed by atoms with Gasteiger partial charge in [0.15, 0.2) is 6.10 Å². The predicted octanol–water partition coefficient (Wildman–Crippen LogP) is 1.58. The van der Waals surface area contributed by atoms with E-state index in [4.69, 9.17) is 18.9 Å². The second kappa shape index (κ2) is 4.92. The predicted molar refractivity (Wildman–Crippen MR) is 65.4 cm³/mol. The molecule has 0 spiro atoms. The number of rotatable bonds is 3. The van der Waals surface area contributed by atoms with Crippen molar-refractivity contribution in [1.82, 2.24) is 0 Å². The number of fused-ring (bicyclic) bond motifs is 3. The zero-order valence-electron chi connectivity index (χ0n) is 10.7. The summed E-state index contributed by atoms with van der Waals surface area (Å²) in [7, 11) is 0. The third kappa shape index (κ3) is 2.36. The van der Waals surface area contributed by atoms with E-state index in [0.29, 0.717) is 25.4 Å². The van der Waals surface area contributed by atoms with Gasteiger partial charge in [0.2, 0.25) is 0 Å². The van der Waals surface area contributed by atoms with Crippen molar-refractivity contribution >= 4 is 5.97 Å². The van der Waals surface area contributed by atoms with E-state index < -0.39 is 18.0 Å².